The molecule has 2 rings (SSSR count). The number of rotatable bonds is 4. The Balaban J connectivity index is 1.92. The van der Waals surface area contributed by atoms with Crippen molar-refractivity contribution in [3.8, 4) is 0 Å². The fourth-order valence-corrected chi connectivity index (χ4v) is 2.45. The molecular weight excluding hydrogens is 234 g/mol. The van der Waals surface area contributed by atoms with Crippen molar-refractivity contribution in [3.05, 3.63) is 24.2 Å². The third-order valence-electron chi connectivity index (χ3n) is 3.42. The van der Waals surface area contributed by atoms with Crippen LogP contribution < -0.4 is 10.4 Å². The van der Waals surface area contributed by atoms with Crippen LogP contribution >= 0.6 is 0 Å². The summed E-state index contributed by atoms with van der Waals surface area (Å²) in [6.07, 6.45) is 4.42. The fraction of sp³-hybridized carbons (Fsp3) is 0.538. The lowest BCUT2D eigenvalue weighted by Crippen LogP contribution is -2.44. The molecule has 0 spiro atoms. The van der Waals surface area contributed by atoms with Crippen molar-refractivity contribution in [2.45, 2.75) is 32.2 Å². The van der Waals surface area contributed by atoms with Crippen molar-refractivity contribution in [1.29, 1.82) is 0 Å². The van der Waals surface area contributed by atoms with Crippen LogP contribution in [0.2, 0.25) is 0 Å². The molecule has 1 heterocycles. The van der Waals surface area contributed by atoms with Gasteiger partial charge in [-0.1, -0.05) is 12.8 Å². The molecule has 1 fully saturated rings. The molecular formula is C13H16NO4-. The maximum absolute atomic E-state index is 12.0. The van der Waals surface area contributed by atoms with Crippen molar-refractivity contribution in [2.24, 2.45) is 11.8 Å². The topological polar surface area (TPSA) is 82.4 Å². The Labute approximate surface area is 105 Å². The number of carbonyl (C=O) groups excluding carboxylic acids is 2. The first kappa shape index (κ1) is 12.7. The van der Waals surface area contributed by atoms with Crippen molar-refractivity contribution < 1.29 is 19.1 Å². The van der Waals surface area contributed by atoms with Gasteiger partial charge in [0.05, 0.1) is 12.8 Å². The van der Waals surface area contributed by atoms with E-state index in [4.69, 9.17) is 4.42 Å². The Hall–Kier alpha value is -1.78. The highest BCUT2D eigenvalue weighted by atomic mass is 16.4. The molecule has 0 bridgehead atoms. The van der Waals surface area contributed by atoms with E-state index in [9.17, 15) is 14.7 Å². The van der Waals surface area contributed by atoms with Gasteiger partial charge in [-0.15, -0.1) is 0 Å². The second-order valence-electron chi connectivity index (χ2n) is 4.61. The van der Waals surface area contributed by atoms with Gasteiger partial charge in [0.2, 0.25) is 5.91 Å². The van der Waals surface area contributed by atoms with Crippen LogP contribution in [0.15, 0.2) is 22.8 Å². The van der Waals surface area contributed by atoms with Crippen LogP contribution in [0.1, 0.15) is 31.4 Å². The van der Waals surface area contributed by atoms with E-state index in [2.05, 4.69) is 5.32 Å². The third-order valence-corrected chi connectivity index (χ3v) is 3.42. The van der Waals surface area contributed by atoms with Gasteiger partial charge in [0, 0.05) is 17.8 Å². The maximum Gasteiger partial charge on any atom is 0.224 e. The summed E-state index contributed by atoms with van der Waals surface area (Å²) in [5.74, 6) is -1.81. The number of carboxylic acid groups (broad SMARTS) is 1. The van der Waals surface area contributed by atoms with Crippen LogP contribution in [0, 0.1) is 11.8 Å². The quantitative estimate of drug-likeness (QED) is 0.841. The SMILES string of the molecule is O=C([O-])[C@H]1CCCC[C@@H]1C(=O)NCc1ccco1. The molecule has 98 valence electrons. The van der Waals surface area contributed by atoms with Crippen LogP contribution in [0.25, 0.3) is 0 Å². The Kier molecular flexibility index (Phi) is 4.02. The third kappa shape index (κ3) is 2.91. The van der Waals surface area contributed by atoms with Gasteiger partial charge in [-0.2, -0.15) is 0 Å². The Morgan fingerprint density at radius 3 is 2.67 bits per heavy atom. The first-order chi connectivity index (χ1) is 8.68. The molecule has 1 aliphatic rings. The van der Waals surface area contributed by atoms with Gasteiger partial charge in [0.25, 0.3) is 0 Å². The van der Waals surface area contributed by atoms with Gasteiger partial charge in [-0.25, -0.2) is 0 Å². The number of carboxylic acids is 1. The minimum Gasteiger partial charge on any atom is -0.550 e. The van der Waals surface area contributed by atoms with Crippen LogP contribution in [0.4, 0.5) is 0 Å². The first-order valence-electron chi connectivity index (χ1n) is 6.19. The molecule has 1 N–H and O–H groups in total. The monoisotopic (exact) mass is 250 g/mol. The molecule has 0 radical (unpaired) electrons. The summed E-state index contributed by atoms with van der Waals surface area (Å²) >= 11 is 0. The lowest BCUT2D eigenvalue weighted by atomic mass is 9.79. The molecule has 1 amide bonds. The zero-order valence-electron chi connectivity index (χ0n) is 10.1. The number of hydrogen-bond donors (Lipinski definition) is 1. The van der Waals surface area contributed by atoms with E-state index in [1.807, 2.05) is 0 Å². The summed E-state index contributed by atoms with van der Waals surface area (Å²) < 4.78 is 5.10. The lowest BCUT2D eigenvalue weighted by Gasteiger charge is -2.31. The Morgan fingerprint density at radius 2 is 2.06 bits per heavy atom. The van der Waals surface area contributed by atoms with Crippen molar-refractivity contribution in [3.63, 3.8) is 0 Å². The smallest absolute Gasteiger partial charge is 0.224 e. The molecule has 1 aromatic heterocycles. The zero-order valence-corrected chi connectivity index (χ0v) is 10.1. The Bertz CT molecular complexity index is 413. The highest BCUT2D eigenvalue weighted by molar-refractivity contribution is 5.84. The molecule has 0 saturated heterocycles. The summed E-state index contributed by atoms with van der Waals surface area (Å²) in [4.78, 5) is 23.0. The number of hydrogen-bond acceptors (Lipinski definition) is 4. The van der Waals surface area contributed by atoms with E-state index in [0.29, 0.717) is 25.1 Å². The number of nitrogens with one attached hydrogen (secondary N) is 1. The molecule has 18 heavy (non-hydrogen) atoms. The molecule has 1 saturated carbocycles. The highest BCUT2D eigenvalue weighted by Crippen LogP contribution is 2.29. The normalized spacial score (nSPS) is 23.6. The number of carbonyl (C=O) groups is 2. The number of aliphatic carboxylic acids is 1. The minimum absolute atomic E-state index is 0.222. The minimum atomic E-state index is -1.12. The summed E-state index contributed by atoms with van der Waals surface area (Å²) in [6.45, 7) is 0.294. The maximum atomic E-state index is 12.0. The Morgan fingerprint density at radius 1 is 1.33 bits per heavy atom. The fourth-order valence-electron chi connectivity index (χ4n) is 2.45. The van der Waals surface area contributed by atoms with E-state index in [1.54, 1.807) is 12.1 Å². The first-order valence-corrected chi connectivity index (χ1v) is 6.19. The highest BCUT2D eigenvalue weighted by Gasteiger charge is 2.31. The average molecular weight is 250 g/mol. The van der Waals surface area contributed by atoms with Gasteiger partial charge in [-0.05, 0) is 25.0 Å². The zero-order chi connectivity index (χ0) is 13.0. The molecule has 1 aromatic rings. The van der Waals surface area contributed by atoms with E-state index >= 15 is 0 Å². The van der Waals surface area contributed by atoms with Crippen LogP contribution in [0.3, 0.4) is 0 Å². The predicted octanol–water partition coefficient (Wildman–Crippen LogP) is 0.452. The molecule has 0 aromatic carbocycles. The molecule has 2 atom stereocenters. The molecule has 0 unspecified atom stereocenters. The van der Waals surface area contributed by atoms with Gasteiger partial charge in [0.1, 0.15) is 5.76 Å². The van der Waals surface area contributed by atoms with E-state index in [-0.39, 0.29) is 5.91 Å². The van der Waals surface area contributed by atoms with Gasteiger partial charge in [-0.3, -0.25) is 4.79 Å². The average Bonchev–Trinajstić information content (AvgIpc) is 2.89. The van der Waals surface area contributed by atoms with Crippen molar-refractivity contribution in [2.75, 3.05) is 0 Å². The van der Waals surface area contributed by atoms with Gasteiger partial charge >= 0.3 is 0 Å². The largest absolute Gasteiger partial charge is 0.550 e. The van der Waals surface area contributed by atoms with Gasteiger partial charge < -0.3 is 19.6 Å². The molecule has 5 heteroatoms. The second-order valence-corrected chi connectivity index (χ2v) is 4.61. The number of amides is 1. The van der Waals surface area contributed by atoms with Crippen LogP contribution in [-0.4, -0.2) is 11.9 Å². The standard InChI is InChI=1S/C13H17NO4/c15-12(14-8-9-4-3-7-18-9)10-5-1-2-6-11(10)13(16)17/h3-4,7,10-11H,1-2,5-6,8H2,(H,14,15)(H,16,17)/p-1/t10-,11-/m0/s1. The van der Waals surface area contributed by atoms with Gasteiger partial charge in [0.15, 0.2) is 0 Å². The predicted molar refractivity (Wildman–Crippen MR) is 61.0 cm³/mol. The summed E-state index contributed by atoms with van der Waals surface area (Å²) in [5.41, 5.74) is 0. The summed E-state index contributed by atoms with van der Waals surface area (Å²) in [7, 11) is 0. The van der Waals surface area contributed by atoms with E-state index in [1.165, 1.54) is 6.26 Å². The lowest BCUT2D eigenvalue weighted by molar-refractivity contribution is -0.314. The van der Waals surface area contributed by atoms with E-state index < -0.39 is 17.8 Å². The summed E-state index contributed by atoms with van der Waals surface area (Å²) in [5, 5.41) is 13.7. The van der Waals surface area contributed by atoms with Crippen molar-refractivity contribution in [1.82, 2.24) is 5.32 Å². The molecule has 1 aliphatic carbocycles. The second kappa shape index (κ2) is 5.71. The van der Waals surface area contributed by atoms with Crippen molar-refractivity contribution >= 4 is 11.9 Å². The number of furan rings is 1. The van der Waals surface area contributed by atoms with E-state index in [0.717, 1.165) is 12.8 Å². The van der Waals surface area contributed by atoms with Crippen LogP contribution in [-0.2, 0) is 16.1 Å². The summed E-state index contributed by atoms with van der Waals surface area (Å²) in [6, 6.07) is 3.50. The molecule has 5 nitrogen and oxygen atoms in total. The van der Waals surface area contributed by atoms with Crippen LogP contribution in [0.5, 0.6) is 0 Å². The molecule has 0 aliphatic heterocycles.